The first-order valence-electron chi connectivity index (χ1n) is 17.1. The maximum absolute atomic E-state index is 13.8. The van der Waals surface area contributed by atoms with Crippen molar-refractivity contribution in [3.05, 3.63) is 101 Å². The Morgan fingerprint density at radius 3 is 1.81 bits per heavy atom. The van der Waals surface area contributed by atoms with Gasteiger partial charge in [0.2, 0.25) is 5.60 Å². The molecule has 0 spiro atoms. The molecule has 1 atom stereocenters. The molecule has 54 heavy (non-hydrogen) atoms. The van der Waals surface area contributed by atoms with E-state index in [1.54, 1.807) is 41.5 Å². The molecule has 0 aliphatic heterocycles. The number of carboxylic acids is 1. The minimum atomic E-state index is -2.43. The van der Waals surface area contributed by atoms with Gasteiger partial charge in [0.05, 0.1) is 18.2 Å². The predicted molar refractivity (Wildman–Crippen MR) is 202 cm³/mol. The first-order valence-corrected chi connectivity index (χ1v) is 17.9. The van der Waals surface area contributed by atoms with Crippen LogP contribution in [0.4, 0.5) is 0 Å². The average molecular weight is 808 g/mol. The van der Waals surface area contributed by atoms with Crippen molar-refractivity contribution < 1.29 is 58.2 Å². The molecule has 0 bridgehead atoms. The van der Waals surface area contributed by atoms with Crippen LogP contribution in [0.5, 0.6) is 23.0 Å². The van der Waals surface area contributed by atoms with Gasteiger partial charge in [-0.15, -0.1) is 0 Å². The van der Waals surface area contributed by atoms with E-state index in [-0.39, 0.29) is 55.1 Å². The summed E-state index contributed by atoms with van der Waals surface area (Å²) in [6.45, 7) is 16.6. The van der Waals surface area contributed by atoms with Gasteiger partial charge in [-0.1, -0.05) is 13.8 Å². The third kappa shape index (κ3) is 6.93. The van der Waals surface area contributed by atoms with Gasteiger partial charge in [-0.25, -0.2) is 19.2 Å². The molecular formula is C41H43BrO12. The molecule has 1 aliphatic rings. The number of carboxylic acid groups (broad SMARTS) is 1. The minimum Gasteiger partial charge on any atom is -0.506 e. The highest BCUT2D eigenvalue weighted by Gasteiger charge is 2.48. The predicted octanol–water partition coefficient (Wildman–Crippen LogP) is 7.27. The van der Waals surface area contributed by atoms with E-state index in [0.29, 0.717) is 57.5 Å². The van der Waals surface area contributed by atoms with E-state index < -0.39 is 41.0 Å². The summed E-state index contributed by atoms with van der Waals surface area (Å²) in [5.41, 5.74) is 1.87. The van der Waals surface area contributed by atoms with E-state index in [2.05, 4.69) is 15.9 Å². The van der Waals surface area contributed by atoms with Gasteiger partial charge in [-0.2, -0.15) is 0 Å². The van der Waals surface area contributed by atoms with Crippen LogP contribution in [0.1, 0.15) is 102 Å². The van der Waals surface area contributed by atoms with Crippen LogP contribution in [0.2, 0.25) is 0 Å². The van der Waals surface area contributed by atoms with Gasteiger partial charge >= 0.3 is 23.9 Å². The average Bonchev–Trinajstić information content (AvgIpc) is 3.09. The van der Waals surface area contributed by atoms with Gasteiger partial charge in [-0.05, 0) is 152 Å². The lowest BCUT2D eigenvalue weighted by Crippen LogP contribution is -2.47. The van der Waals surface area contributed by atoms with Crippen molar-refractivity contribution in [3.63, 3.8) is 0 Å². The van der Waals surface area contributed by atoms with Gasteiger partial charge in [0, 0.05) is 6.08 Å². The van der Waals surface area contributed by atoms with Crippen LogP contribution in [-0.4, -0.2) is 57.7 Å². The molecule has 0 radical (unpaired) electrons. The van der Waals surface area contributed by atoms with Gasteiger partial charge in [0.1, 0.15) is 33.0 Å². The molecule has 0 heterocycles. The fraction of sp³-hybridized carbons (Fsp3) is 0.341. The number of rotatable bonds is 10. The van der Waals surface area contributed by atoms with Crippen LogP contribution in [-0.2, 0) is 27.2 Å². The molecule has 12 nitrogen and oxygen atoms in total. The van der Waals surface area contributed by atoms with Crippen molar-refractivity contribution in [2.24, 2.45) is 0 Å². The summed E-state index contributed by atoms with van der Waals surface area (Å²) in [4.78, 5) is 65.0. The van der Waals surface area contributed by atoms with Gasteiger partial charge in [0.25, 0.3) is 0 Å². The number of methoxy groups -OCH3 is 1. The van der Waals surface area contributed by atoms with Crippen LogP contribution in [0.3, 0.4) is 0 Å². The monoisotopic (exact) mass is 806 g/mol. The summed E-state index contributed by atoms with van der Waals surface area (Å²) >= 11 is 3.22. The molecule has 286 valence electrons. The van der Waals surface area contributed by atoms with Crippen LogP contribution >= 0.6 is 15.9 Å². The summed E-state index contributed by atoms with van der Waals surface area (Å²) < 4.78 is 22.4. The van der Waals surface area contributed by atoms with Gasteiger partial charge in [-0.3, -0.25) is 4.79 Å². The van der Waals surface area contributed by atoms with E-state index in [4.69, 9.17) is 18.9 Å². The smallest absolute Gasteiger partial charge is 0.356 e. The van der Waals surface area contributed by atoms with Crippen LogP contribution < -0.4 is 14.2 Å². The molecular weight excluding hydrogens is 764 g/mol. The standard InChI is InChI=1S/C41H43BrO12/c1-12-26-23(9)30(38(47)53-35-21(7)19(5)31(37(45)46)24(10)27(35)13-2)17(3)14-28(26)52-39(48)32-20(6)22(8)36(33(42)34(32)44)54-40(49)41(50)18(4)15-25(43)16-29(41)51-11/h14-16,44,50H,12-13H2,1-11H3,(H,45,46)/t41-/m1/s1. The first kappa shape index (κ1) is 41.5. The third-order valence-electron chi connectivity index (χ3n) is 10.2. The van der Waals surface area contributed by atoms with Crippen LogP contribution in [0, 0.1) is 48.5 Å². The lowest BCUT2D eigenvalue weighted by atomic mass is 9.87. The number of hydrogen-bond acceptors (Lipinski definition) is 11. The van der Waals surface area contributed by atoms with E-state index in [9.17, 15) is 39.3 Å². The number of halogens is 1. The topological polar surface area (TPSA) is 183 Å². The summed E-state index contributed by atoms with van der Waals surface area (Å²) in [5, 5.41) is 32.4. The maximum atomic E-state index is 13.8. The quantitative estimate of drug-likeness (QED) is 0.138. The number of aliphatic hydroxyl groups is 1. The van der Waals surface area contributed by atoms with Crippen molar-refractivity contribution in [2.75, 3.05) is 7.11 Å². The van der Waals surface area contributed by atoms with Crippen molar-refractivity contribution >= 4 is 45.6 Å². The Morgan fingerprint density at radius 2 is 1.26 bits per heavy atom. The number of carbonyl (C=O) groups is 5. The normalized spacial score (nSPS) is 15.3. The SMILES string of the molecule is CCc1c(OC(=O)c2c(C)c(C)c(OC(=O)[C@@]3(O)C(C)=CC(=O)C=C3OC)c(Br)c2O)cc(C)c(C(=O)Oc2c(C)c(C)c(C(=O)O)c(C)c2CC)c1C. The number of aromatic carboxylic acids is 1. The van der Waals surface area contributed by atoms with Crippen LogP contribution in [0.25, 0.3) is 0 Å². The zero-order valence-electron chi connectivity index (χ0n) is 32.0. The Labute approximate surface area is 321 Å². The minimum absolute atomic E-state index is 0.0382. The number of carbonyl (C=O) groups excluding carboxylic acids is 4. The highest BCUT2D eigenvalue weighted by molar-refractivity contribution is 9.10. The maximum Gasteiger partial charge on any atom is 0.356 e. The van der Waals surface area contributed by atoms with Crippen molar-refractivity contribution in [1.82, 2.24) is 0 Å². The second-order valence-electron chi connectivity index (χ2n) is 13.2. The second-order valence-corrected chi connectivity index (χ2v) is 14.0. The number of allylic oxidation sites excluding steroid dienone is 2. The first-order chi connectivity index (χ1) is 25.2. The Kier molecular flexibility index (Phi) is 12.0. The summed E-state index contributed by atoms with van der Waals surface area (Å²) in [5.74, 6) is -5.02. The van der Waals surface area contributed by atoms with Crippen molar-refractivity contribution in [3.8, 4) is 23.0 Å². The summed E-state index contributed by atoms with van der Waals surface area (Å²) in [7, 11) is 1.19. The molecule has 0 saturated carbocycles. The van der Waals surface area contributed by atoms with Crippen LogP contribution in [0.15, 0.2) is 34.0 Å². The molecule has 3 aromatic carbocycles. The fourth-order valence-corrected chi connectivity index (χ4v) is 7.48. The lowest BCUT2D eigenvalue weighted by molar-refractivity contribution is -0.151. The van der Waals surface area contributed by atoms with E-state index in [1.807, 2.05) is 13.8 Å². The number of hydrogen-bond donors (Lipinski definition) is 3. The number of ketones is 1. The molecule has 1 aliphatic carbocycles. The number of phenolic OH excluding ortho intramolecular Hbond substituents is 1. The third-order valence-corrected chi connectivity index (χ3v) is 10.9. The molecule has 3 aromatic rings. The molecule has 0 unspecified atom stereocenters. The van der Waals surface area contributed by atoms with E-state index >= 15 is 0 Å². The molecule has 0 saturated heterocycles. The van der Waals surface area contributed by atoms with E-state index in [1.165, 1.54) is 27.0 Å². The Morgan fingerprint density at radius 1 is 0.722 bits per heavy atom. The zero-order chi connectivity index (χ0) is 40.7. The van der Waals surface area contributed by atoms with E-state index in [0.717, 1.165) is 12.2 Å². The fourth-order valence-electron chi connectivity index (χ4n) is 6.91. The molecule has 13 heteroatoms. The number of benzene rings is 3. The number of esters is 3. The second kappa shape index (κ2) is 15.6. The number of aromatic hydroxyl groups is 1. The molecule has 0 aromatic heterocycles. The number of phenols is 1. The van der Waals surface area contributed by atoms with Crippen molar-refractivity contribution in [1.29, 1.82) is 0 Å². The number of aryl methyl sites for hydroxylation is 1. The molecule has 0 amide bonds. The summed E-state index contributed by atoms with van der Waals surface area (Å²) in [6.07, 6.45) is 2.82. The lowest BCUT2D eigenvalue weighted by Gasteiger charge is -2.30. The Bertz CT molecular complexity index is 2200. The van der Waals surface area contributed by atoms with Gasteiger partial charge in [0.15, 0.2) is 11.5 Å². The highest BCUT2D eigenvalue weighted by atomic mass is 79.9. The number of ether oxygens (including phenoxy) is 4. The largest absolute Gasteiger partial charge is 0.506 e. The van der Waals surface area contributed by atoms with Crippen molar-refractivity contribution in [2.45, 2.75) is 87.7 Å². The summed E-state index contributed by atoms with van der Waals surface area (Å²) in [6, 6.07) is 1.54. The highest BCUT2D eigenvalue weighted by Crippen LogP contribution is 2.44. The molecule has 4 rings (SSSR count). The molecule has 3 N–H and O–H groups in total. The van der Waals surface area contributed by atoms with Gasteiger partial charge < -0.3 is 34.3 Å². The zero-order valence-corrected chi connectivity index (χ0v) is 33.6. The molecule has 0 fully saturated rings. The Hall–Kier alpha value is -5.27. The Balaban J connectivity index is 1.70.